The van der Waals surface area contributed by atoms with Crippen molar-refractivity contribution < 1.29 is 23.5 Å². The Bertz CT molecular complexity index is 1640. The number of para-hydroxylation sites is 1. The first-order chi connectivity index (χ1) is 21.7. The van der Waals surface area contributed by atoms with Gasteiger partial charge in [-0.2, -0.15) is 0 Å². The molecule has 0 radical (unpaired) electrons. The fourth-order valence-electron chi connectivity index (χ4n) is 5.30. The largest absolute Gasteiger partial charge is 0.416 e. The van der Waals surface area contributed by atoms with E-state index < -0.39 is 5.97 Å². The van der Waals surface area contributed by atoms with Crippen LogP contribution in [0.4, 0.5) is 5.69 Å². The van der Waals surface area contributed by atoms with Gasteiger partial charge in [0.1, 0.15) is 11.0 Å². The smallest absolute Gasteiger partial charge is 0.365 e. The van der Waals surface area contributed by atoms with E-state index in [-0.39, 0.29) is 0 Å². The Labute approximate surface area is 255 Å². The molecule has 0 saturated carbocycles. The number of aromatic nitrogens is 5. The quantitative estimate of drug-likeness (QED) is 0.125. The third-order valence-electron chi connectivity index (χ3n) is 7.80. The molecule has 1 saturated heterocycles. The van der Waals surface area contributed by atoms with Gasteiger partial charge in [0, 0.05) is 50.2 Å². The minimum Gasteiger partial charge on any atom is -0.416 e. The number of rotatable bonds is 13. The van der Waals surface area contributed by atoms with E-state index in [9.17, 15) is 4.79 Å². The Kier molecular flexibility index (Phi) is 9.54. The van der Waals surface area contributed by atoms with Gasteiger partial charge in [-0.1, -0.05) is 29.8 Å². The lowest BCUT2D eigenvalue weighted by Gasteiger charge is -2.33. The van der Waals surface area contributed by atoms with Gasteiger partial charge in [0.25, 0.3) is 0 Å². The Balaban J connectivity index is 0.989. The molecular weight excluding hydrogens is 560 g/mol. The molecule has 228 valence electrons. The molecule has 5 aromatic rings. The zero-order valence-corrected chi connectivity index (χ0v) is 24.8. The van der Waals surface area contributed by atoms with Crippen LogP contribution in [-0.4, -0.2) is 70.8 Å². The molecule has 3 heterocycles. The molecule has 0 bridgehead atoms. The van der Waals surface area contributed by atoms with Crippen LogP contribution in [0.5, 0.6) is 0 Å². The van der Waals surface area contributed by atoms with Crippen LogP contribution in [0, 0.1) is 0 Å². The van der Waals surface area contributed by atoms with Gasteiger partial charge in [-0.05, 0) is 91.6 Å². The molecule has 1 aliphatic heterocycles. The highest BCUT2D eigenvalue weighted by Gasteiger charge is 2.20. The molecule has 44 heavy (non-hydrogen) atoms. The number of benzene rings is 3. The summed E-state index contributed by atoms with van der Waals surface area (Å²) in [6.07, 6.45) is 7.05. The van der Waals surface area contributed by atoms with E-state index in [4.69, 9.17) is 18.7 Å². The number of methoxy groups -OCH3 is 1. The maximum Gasteiger partial charge on any atom is 0.365 e. The summed E-state index contributed by atoms with van der Waals surface area (Å²) in [5.41, 5.74) is 4.31. The van der Waals surface area contributed by atoms with Gasteiger partial charge in [-0.3, -0.25) is 0 Å². The standard InChI is InChI=1S/C33H36N6O5/c1-41-22-6-2-3-7-23-42-28-18-20-38(21-19-28)27-16-14-25(15-17-27)32-36-35-31(43-32)24-10-12-26(13-11-24)33(40)44-39-30-9-5-4-8-29(30)34-37-39/h4-5,8-17,28H,2-3,6-7,18-23H2,1H3. The van der Waals surface area contributed by atoms with Crippen LogP contribution < -0.4 is 9.74 Å². The molecule has 11 nitrogen and oxygen atoms in total. The summed E-state index contributed by atoms with van der Waals surface area (Å²) in [5, 5.41) is 16.4. The molecule has 0 atom stereocenters. The van der Waals surface area contributed by atoms with E-state index in [1.165, 1.54) is 18.5 Å². The van der Waals surface area contributed by atoms with Gasteiger partial charge in [0.15, 0.2) is 0 Å². The fraction of sp³-hybridized carbons (Fsp3) is 0.364. The first kappa shape index (κ1) is 29.5. The Morgan fingerprint density at radius 3 is 2.18 bits per heavy atom. The lowest BCUT2D eigenvalue weighted by molar-refractivity contribution is 0.0345. The molecular formula is C33H36N6O5. The van der Waals surface area contributed by atoms with Gasteiger partial charge in [-0.15, -0.1) is 15.3 Å². The van der Waals surface area contributed by atoms with Gasteiger partial charge >= 0.3 is 5.97 Å². The van der Waals surface area contributed by atoms with Crippen molar-refractivity contribution in [3.63, 3.8) is 0 Å². The number of anilines is 1. The number of hydrogen-bond acceptors (Lipinski definition) is 10. The van der Waals surface area contributed by atoms with Crippen molar-refractivity contribution in [2.24, 2.45) is 0 Å². The topological polar surface area (TPSA) is 118 Å². The SMILES string of the molecule is COCCCCCCOC1CCN(c2ccc(-c3nnc(-c4ccc(C(=O)On5nnc6ccccc65)cc4)o3)cc2)CC1. The monoisotopic (exact) mass is 596 g/mol. The Morgan fingerprint density at radius 2 is 1.48 bits per heavy atom. The Hall–Kier alpha value is -4.61. The second-order valence-corrected chi connectivity index (χ2v) is 10.8. The molecule has 11 heteroatoms. The van der Waals surface area contributed by atoms with Gasteiger partial charge in [-0.25, -0.2) is 4.79 Å². The number of carbonyl (C=O) groups excluding carboxylic acids is 1. The summed E-state index contributed by atoms with van der Waals surface area (Å²) in [6.45, 7) is 3.64. The third kappa shape index (κ3) is 7.12. The molecule has 3 aromatic carbocycles. The number of unbranched alkanes of at least 4 members (excludes halogenated alkanes) is 3. The van der Waals surface area contributed by atoms with Crippen LogP contribution in [0.2, 0.25) is 0 Å². The number of piperidine rings is 1. The highest BCUT2D eigenvalue weighted by atomic mass is 16.7. The highest BCUT2D eigenvalue weighted by Crippen LogP contribution is 2.28. The predicted octanol–water partition coefficient (Wildman–Crippen LogP) is 5.61. The fourth-order valence-corrected chi connectivity index (χ4v) is 5.30. The predicted molar refractivity (Wildman–Crippen MR) is 165 cm³/mol. The van der Waals surface area contributed by atoms with Gasteiger partial charge < -0.3 is 23.6 Å². The minimum absolute atomic E-state index is 0.343. The normalized spacial score (nSPS) is 13.9. The van der Waals surface area contributed by atoms with Crippen molar-refractivity contribution in [2.45, 2.75) is 44.6 Å². The summed E-state index contributed by atoms with van der Waals surface area (Å²) in [7, 11) is 1.75. The maximum atomic E-state index is 12.7. The van der Waals surface area contributed by atoms with E-state index >= 15 is 0 Å². The molecule has 0 N–H and O–H groups in total. The average Bonchev–Trinajstić information content (AvgIpc) is 3.73. The van der Waals surface area contributed by atoms with Crippen LogP contribution in [0.15, 0.2) is 77.2 Å². The second kappa shape index (κ2) is 14.2. The van der Waals surface area contributed by atoms with E-state index in [0.29, 0.717) is 40.0 Å². The van der Waals surface area contributed by atoms with E-state index in [1.54, 1.807) is 43.5 Å². The zero-order chi connectivity index (χ0) is 30.1. The second-order valence-electron chi connectivity index (χ2n) is 10.8. The highest BCUT2D eigenvalue weighted by molar-refractivity contribution is 5.90. The molecule has 0 aliphatic carbocycles. The lowest BCUT2D eigenvalue weighted by Crippen LogP contribution is -2.37. The summed E-state index contributed by atoms with van der Waals surface area (Å²) in [6, 6.07) is 22.2. The van der Waals surface area contributed by atoms with Crippen molar-refractivity contribution in [3.8, 4) is 22.9 Å². The summed E-state index contributed by atoms with van der Waals surface area (Å²) >= 11 is 0. The number of fused-ring (bicyclic) bond motifs is 1. The zero-order valence-electron chi connectivity index (χ0n) is 24.8. The molecule has 6 rings (SSSR count). The van der Waals surface area contributed by atoms with Crippen molar-refractivity contribution >= 4 is 22.7 Å². The first-order valence-electron chi connectivity index (χ1n) is 15.1. The van der Waals surface area contributed by atoms with Crippen molar-refractivity contribution in [1.29, 1.82) is 0 Å². The van der Waals surface area contributed by atoms with Gasteiger partial charge in [0.2, 0.25) is 11.8 Å². The number of hydrogen-bond donors (Lipinski definition) is 0. The minimum atomic E-state index is -0.556. The van der Waals surface area contributed by atoms with E-state index in [0.717, 1.165) is 62.4 Å². The summed E-state index contributed by atoms with van der Waals surface area (Å²) in [4.78, 5) is 21.6. The molecule has 0 unspecified atom stereocenters. The van der Waals surface area contributed by atoms with E-state index in [1.807, 2.05) is 24.3 Å². The van der Waals surface area contributed by atoms with E-state index in [2.05, 4.69) is 37.5 Å². The molecule has 0 spiro atoms. The molecule has 0 amide bonds. The number of ether oxygens (including phenoxy) is 2. The van der Waals surface area contributed by atoms with Crippen LogP contribution in [0.25, 0.3) is 33.9 Å². The van der Waals surface area contributed by atoms with Crippen LogP contribution in [0.3, 0.4) is 0 Å². The maximum absolute atomic E-state index is 12.7. The number of nitrogens with zero attached hydrogens (tertiary/aromatic N) is 6. The molecule has 1 aliphatic rings. The third-order valence-corrected chi connectivity index (χ3v) is 7.80. The summed E-state index contributed by atoms with van der Waals surface area (Å²) in [5.74, 6) is 0.241. The van der Waals surface area contributed by atoms with Crippen molar-refractivity contribution in [2.75, 3.05) is 38.3 Å². The lowest BCUT2D eigenvalue weighted by atomic mass is 10.1. The first-order valence-corrected chi connectivity index (χ1v) is 15.1. The number of carbonyl (C=O) groups is 1. The van der Waals surface area contributed by atoms with Crippen molar-refractivity contribution in [1.82, 2.24) is 25.4 Å². The molecule has 2 aromatic heterocycles. The van der Waals surface area contributed by atoms with Crippen LogP contribution in [-0.2, 0) is 9.47 Å². The Morgan fingerprint density at radius 1 is 0.818 bits per heavy atom. The average molecular weight is 597 g/mol. The summed E-state index contributed by atoms with van der Waals surface area (Å²) < 4.78 is 17.2. The van der Waals surface area contributed by atoms with Crippen LogP contribution in [0.1, 0.15) is 48.9 Å². The molecule has 1 fully saturated rings. The van der Waals surface area contributed by atoms with Crippen LogP contribution >= 0.6 is 0 Å². The van der Waals surface area contributed by atoms with Gasteiger partial charge in [0.05, 0.1) is 11.7 Å². The van der Waals surface area contributed by atoms with Crippen molar-refractivity contribution in [3.05, 3.63) is 78.4 Å².